The molecule has 3 nitrogen and oxygen atoms in total. The second-order valence-corrected chi connectivity index (χ2v) is 3.96. The fraction of sp³-hybridized carbons (Fsp3) is 0.0909. The molecule has 0 spiro atoms. The molecule has 0 saturated carbocycles. The summed E-state index contributed by atoms with van der Waals surface area (Å²) in [6, 6.07) is 5.09. The van der Waals surface area contributed by atoms with Crippen LogP contribution in [-0.4, -0.2) is 12.1 Å². The van der Waals surface area contributed by atoms with Crippen LogP contribution in [-0.2, 0) is 0 Å². The Balaban J connectivity index is 2.48. The van der Waals surface area contributed by atoms with Gasteiger partial charge in [0.05, 0.1) is 4.88 Å². The molecule has 0 aromatic carbocycles. The molecule has 2 aromatic rings. The Kier molecular flexibility index (Phi) is 2.51. The maximum atomic E-state index is 11.3. The minimum absolute atomic E-state index is 0.00375. The fourth-order valence-electron chi connectivity index (χ4n) is 1.34. The highest BCUT2D eigenvalue weighted by Gasteiger charge is 2.13. The van der Waals surface area contributed by atoms with E-state index in [4.69, 9.17) is 4.42 Å². The molecule has 2 aromatic heterocycles. The first-order valence-corrected chi connectivity index (χ1v) is 5.24. The van der Waals surface area contributed by atoms with Gasteiger partial charge in [0.15, 0.2) is 17.8 Å². The van der Waals surface area contributed by atoms with Crippen LogP contribution in [0.2, 0.25) is 0 Å². The Morgan fingerprint density at radius 2 is 2.20 bits per heavy atom. The minimum atomic E-state index is 0.00375. The zero-order valence-electron chi connectivity index (χ0n) is 8.02. The number of hydrogen-bond donors (Lipinski definition) is 0. The second-order valence-electron chi connectivity index (χ2n) is 3.04. The second kappa shape index (κ2) is 3.82. The van der Waals surface area contributed by atoms with Crippen molar-refractivity contribution < 1.29 is 14.0 Å². The molecular weight excluding hydrogens is 212 g/mol. The summed E-state index contributed by atoms with van der Waals surface area (Å²) in [6.07, 6.45) is 0.642. The predicted molar refractivity (Wildman–Crippen MR) is 57.4 cm³/mol. The molecule has 0 radical (unpaired) electrons. The van der Waals surface area contributed by atoms with Gasteiger partial charge in [0.1, 0.15) is 5.76 Å². The highest BCUT2D eigenvalue weighted by molar-refractivity contribution is 7.12. The SMILES string of the molecule is CC(=O)c1sccc1-c1ccc(C=O)o1. The number of Topliss-reactive ketones (excluding diaryl/α,β-unsaturated/α-hetero) is 1. The van der Waals surface area contributed by atoms with Crippen molar-refractivity contribution in [2.45, 2.75) is 6.92 Å². The number of carbonyl (C=O) groups is 2. The van der Waals surface area contributed by atoms with Gasteiger partial charge in [-0.1, -0.05) is 0 Å². The summed E-state index contributed by atoms with van der Waals surface area (Å²) in [7, 11) is 0. The van der Waals surface area contributed by atoms with Crippen LogP contribution in [0.15, 0.2) is 28.0 Å². The fourth-order valence-corrected chi connectivity index (χ4v) is 2.14. The first-order chi connectivity index (χ1) is 7.22. The molecule has 15 heavy (non-hydrogen) atoms. The molecule has 0 bridgehead atoms. The van der Waals surface area contributed by atoms with E-state index in [1.807, 2.05) is 11.4 Å². The molecule has 0 unspecified atom stereocenters. The normalized spacial score (nSPS) is 10.2. The van der Waals surface area contributed by atoms with Gasteiger partial charge in [0.25, 0.3) is 0 Å². The molecule has 0 N–H and O–H groups in total. The Morgan fingerprint density at radius 1 is 1.40 bits per heavy atom. The number of aldehydes is 1. The van der Waals surface area contributed by atoms with Gasteiger partial charge in [0.2, 0.25) is 0 Å². The molecule has 0 atom stereocenters. The van der Waals surface area contributed by atoms with E-state index in [9.17, 15) is 9.59 Å². The number of hydrogen-bond acceptors (Lipinski definition) is 4. The third-order valence-corrected chi connectivity index (χ3v) is 3.01. The van der Waals surface area contributed by atoms with E-state index in [2.05, 4.69) is 0 Å². The zero-order valence-corrected chi connectivity index (χ0v) is 8.84. The average Bonchev–Trinajstić information content (AvgIpc) is 2.85. The van der Waals surface area contributed by atoms with Gasteiger partial charge < -0.3 is 4.42 Å². The first kappa shape index (κ1) is 9.86. The largest absolute Gasteiger partial charge is 0.453 e. The summed E-state index contributed by atoms with van der Waals surface area (Å²) in [4.78, 5) is 22.4. The average molecular weight is 220 g/mol. The van der Waals surface area contributed by atoms with Gasteiger partial charge >= 0.3 is 0 Å². The topological polar surface area (TPSA) is 47.3 Å². The van der Waals surface area contributed by atoms with Crippen LogP contribution in [0.5, 0.6) is 0 Å². The molecule has 2 rings (SSSR count). The maximum absolute atomic E-state index is 11.3. The van der Waals surface area contributed by atoms with Crippen molar-refractivity contribution in [3.63, 3.8) is 0 Å². The number of thiophene rings is 1. The summed E-state index contributed by atoms with van der Waals surface area (Å²) in [5, 5.41) is 1.83. The van der Waals surface area contributed by atoms with Gasteiger partial charge in [-0.15, -0.1) is 11.3 Å². The van der Waals surface area contributed by atoms with E-state index in [0.717, 1.165) is 5.56 Å². The lowest BCUT2D eigenvalue weighted by Crippen LogP contribution is -1.88. The van der Waals surface area contributed by atoms with E-state index >= 15 is 0 Å². The number of rotatable bonds is 3. The summed E-state index contributed by atoms with van der Waals surface area (Å²) in [6.45, 7) is 1.51. The van der Waals surface area contributed by atoms with Crippen LogP contribution in [0, 0.1) is 0 Å². The van der Waals surface area contributed by atoms with E-state index < -0.39 is 0 Å². The third kappa shape index (κ3) is 1.76. The van der Waals surface area contributed by atoms with E-state index in [1.54, 1.807) is 12.1 Å². The van der Waals surface area contributed by atoms with Crippen molar-refractivity contribution in [1.82, 2.24) is 0 Å². The van der Waals surface area contributed by atoms with Gasteiger partial charge in [-0.3, -0.25) is 9.59 Å². The number of carbonyl (C=O) groups excluding carboxylic acids is 2. The van der Waals surface area contributed by atoms with Crippen LogP contribution in [0.3, 0.4) is 0 Å². The van der Waals surface area contributed by atoms with Crippen molar-refractivity contribution in [1.29, 1.82) is 0 Å². The van der Waals surface area contributed by atoms with E-state index in [0.29, 0.717) is 16.9 Å². The summed E-state index contributed by atoms with van der Waals surface area (Å²) in [5.74, 6) is 0.832. The van der Waals surface area contributed by atoms with Crippen LogP contribution in [0.1, 0.15) is 27.2 Å². The summed E-state index contributed by atoms with van der Waals surface area (Å²) >= 11 is 1.37. The number of ketones is 1. The molecule has 0 fully saturated rings. The van der Waals surface area contributed by atoms with Gasteiger partial charge in [-0.05, 0) is 30.5 Å². The Labute approximate surface area is 90.3 Å². The Hall–Kier alpha value is -1.68. The predicted octanol–water partition coefficient (Wildman–Crippen LogP) is 3.02. The van der Waals surface area contributed by atoms with Crippen LogP contribution in [0.25, 0.3) is 11.3 Å². The van der Waals surface area contributed by atoms with Crippen molar-refractivity contribution in [2.75, 3.05) is 0 Å². The lowest BCUT2D eigenvalue weighted by molar-refractivity contribution is 0.102. The molecule has 0 aliphatic heterocycles. The van der Waals surface area contributed by atoms with Crippen molar-refractivity contribution in [3.05, 3.63) is 34.2 Å². The van der Waals surface area contributed by atoms with Crippen molar-refractivity contribution in [2.24, 2.45) is 0 Å². The van der Waals surface area contributed by atoms with Gasteiger partial charge in [0, 0.05) is 5.56 Å². The molecule has 0 amide bonds. The molecule has 4 heteroatoms. The van der Waals surface area contributed by atoms with Crippen LogP contribution in [0.4, 0.5) is 0 Å². The molecule has 0 saturated heterocycles. The molecular formula is C11H8O3S. The lowest BCUT2D eigenvalue weighted by atomic mass is 10.2. The maximum Gasteiger partial charge on any atom is 0.185 e. The third-order valence-electron chi connectivity index (χ3n) is 1.99. The van der Waals surface area contributed by atoms with E-state index in [1.165, 1.54) is 18.3 Å². The quantitative estimate of drug-likeness (QED) is 0.590. The minimum Gasteiger partial charge on any atom is -0.453 e. The molecule has 2 heterocycles. The van der Waals surface area contributed by atoms with Crippen molar-refractivity contribution >= 4 is 23.4 Å². The first-order valence-electron chi connectivity index (χ1n) is 4.36. The molecule has 0 aliphatic rings. The molecule has 0 aliphatic carbocycles. The highest BCUT2D eigenvalue weighted by atomic mass is 32.1. The van der Waals surface area contributed by atoms with E-state index in [-0.39, 0.29) is 11.5 Å². The number of furan rings is 1. The Bertz CT molecular complexity index is 507. The van der Waals surface area contributed by atoms with Crippen LogP contribution < -0.4 is 0 Å². The standard InChI is InChI=1S/C11H8O3S/c1-7(13)11-9(4-5-15-11)10-3-2-8(6-12)14-10/h2-6H,1H3. The lowest BCUT2D eigenvalue weighted by Gasteiger charge is -1.95. The van der Waals surface area contributed by atoms with Crippen molar-refractivity contribution in [3.8, 4) is 11.3 Å². The van der Waals surface area contributed by atoms with Crippen LogP contribution >= 0.6 is 11.3 Å². The Morgan fingerprint density at radius 3 is 2.80 bits per heavy atom. The van der Waals surface area contributed by atoms with Gasteiger partial charge in [-0.25, -0.2) is 0 Å². The zero-order chi connectivity index (χ0) is 10.8. The highest BCUT2D eigenvalue weighted by Crippen LogP contribution is 2.29. The monoisotopic (exact) mass is 220 g/mol. The summed E-state index contributed by atoms with van der Waals surface area (Å²) < 4.78 is 5.25. The summed E-state index contributed by atoms with van der Waals surface area (Å²) in [5.41, 5.74) is 0.751. The molecule has 76 valence electrons. The van der Waals surface area contributed by atoms with Gasteiger partial charge in [-0.2, -0.15) is 0 Å². The smallest absolute Gasteiger partial charge is 0.185 e.